The maximum atomic E-state index is 11.7. The van der Waals surface area contributed by atoms with E-state index in [0.29, 0.717) is 11.7 Å². The number of esters is 1. The summed E-state index contributed by atoms with van der Waals surface area (Å²) in [6, 6.07) is 0. The molecule has 0 spiro atoms. The van der Waals surface area contributed by atoms with E-state index in [9.17, 15) is 13.2 Å². The van der Waals surface area contributed by atoms with Crippen molar-refractivity contribution in [3.05, 3.63) is 0 Å². The van der Waals surface area contributed by atoms with Gasteiger partial charge < -0.3 is 9.47 Å². The molecule has 2 saturated carbocycles. The molecule has 2 aliphatic carbocycles. The molecule has 2 fully saturated rings. The van der Waals surface area contributed by atoms with Gasteiger partial charge in [-0.05, 0) is 43.3 Å². The fourth-order valence-electron chi connectivity index (χ4n) is 3.23. The summed E-state index contributed by atoms with van der Waals surface area (Å²) in [4.78, 5) is 11.7. The van der Waals surface area contributed by atoms with Crippen molar-refractivity contribution in [3.8, 4) is 0 Å². The number of carbonyl (C=O) groups is 1. The Bertz CT molecular complexity index is 463. The van der Waals surface area contributed by atoms with Crippen molar-refractivity contribution in [2.75, 3.05) is 19.0 Å². The predicted molar refractivity (Wildman–Crippen MR) is 79.6 cm³/mol. The molecule has 8 heteroatoms. The molecule has 2 aliphatic rings. The Kier molecular flexibility index (Phi) is 5.93. The number of ether oxygens (including phenoxy) is 2. The maximum absolute atomic E-state index is 11.7. The Morgan fingerprint density at radius 1 is 1.33 bits per heavy atom. The van der Waals surface area contributed by atoms with Crippen LogP contribution in [-0.2, 0) is 24.4 Å². The number of rotatable bonds is 8. The minimum atomic E-state index is -4.44. The van der Waals surface area contributed by atoms with Gasteiger partial charge in [0, 0.05) is 0 Å². The average Bonchev–Trinajstić information content (AvgIpc) is 3.01. The molecule has 122 valence electrons. The van der Waals surface area contributed by atoms with Crippen LogP contribution in [0.3, 0.4) is 0 Å². The van der Waals surface area contributed by atoms with Crippen molar-refractivity contribution in [1.82, 2.24) is 0 Å². The van der Waals surface area contributed by atoms with Gasteiger partial charge in [0.1, 0.15) is 6.61 Å². The van der Waals surface area contributed by atoms with Crippen LogP contribution in [0.2, 0.25) is 0 Å². The predicted octanol–water partition coefficient (Wildman–Crippen LogP) is 1.70. The van der Waals surface area contributed by atoms with Crippen LogP contribution in [0.1, 0.15) is 32.6 Å². The van der Waals surface area contributed by atoms with Crippen molar-refractivity contribution in [2.24, 2.45) is 11.8 Å². The molecule has 2 bridgehead atoms. The summed E-state index contributed by atoms with van der Waals surface area (Å²) in [7, 11) is -4.44. The highest BCUT2D eigenvalue weighted by molar-refractivity contribution is 8.12. The number of carbonyl (C=O) groups excluding carboxylic acids is 1. The first-order chi connectivity index (χ1) is 9.91. The van der Waals surface area contributed by atoms with Gasteiger partial charge in [-0.15, -0.1) is 11.8 Å². The summed E-state index contributed by atoms with van der Waals surface area (Å²) >= 11 is 0.831. The van der Waals surface area contributed by atoms with Crippen molar-refractivity contribution < 1.29 is 27.2 Å². The Hall–Kier alpha value is -0.310. The highest BCUT2D eigenvalue weighted by atomic mass is 32.3. The van der Waals surface area contributed by atoms with Crippen LogP contribution in [0.15, 0.2) is 0 Å². The Morgan fingerprint density at radius 2 is 2.10 bits per heavy atom. The first-order valence-electron chi connectivity index (χ1n) is 7.28. The van der Waals surface area contributed by atoms with E-state index in [1.54, 1.807) is 6.92 Å². The van der Waals surface area contributed by atoms with Crippen molar-refractivity contribution >= 4 is 27.8 Å². The molecule has 4 atom stereocenters. The average molecular weight is 338 g/mol. The molecule has 0 aliphatic heterocycles. The zero-order chi connectivity index (χ0) is 15.5. The van der Waals surface area contributed by atoms with Gasteiger partial charge in [-0.25, -0.2) is 4.79 Å². The van der Waals surface area contributed by atoms with E-state index in [0.717, 1.165) is 24.1 Å². The molecule has 2 rings (SSSR count). The largest absolute Gasteiger partial charge is 0.462 e. The number of hydrogen-bond donors (Lipinski definition) is 1. The molecule has 0 aromatic heterocycles. The normalized spacial score (nSPS) is 29.5. The summed E-state index contributed by atoms with van der Waals surface area (Å²) in [5.74, 6) is 0.876. The lowest BCUT2D eigenvalue weighted by Crippen LogP contribution is -2.30. The van der Waals surface area contributed by atoms with E-state index >= 15 is 0 Å². The molecule has 1 N–H and O–H groups in total. The molecule has 0 aromatic carbocycles. The minimum absolute atomic E-state index is 0.0169. The standard InChI is InChI=1S/C13H22O6S2/c1-2-20-13(21(15,16)17)12(14)19-6-5-18-11-8-9-3-4-10(11)7-9/h9-11,13H,2-8H2,1H3,(H,15,16,17). The van der Waals surface area contributed by atoms with Gasteiger partial charge in [0.05, 0.1) is 12.7 Å². The lowest BCUT2D eigenvalue weighted by Gasteiger charge is -2.22. The van der Waals surface area contributed by atoms with Crippen LogP contribution in [0, 0.1) is 11.8 Å². The van der Waals surface area contributed by atoms with Gasteiger partial charge in [-0.1, -0.05) is 6.92 Å². The number of fused-ring (bicyclic) bond motifs is 2. The van der Waals surface area contributed by atoms with Gasteiger partial charge in [-0.3, -0.25) is 4.55 Å². The minimum Gasteiger partial charge on any atom is -0.462 e. The van der Waals surface area contributed by atoms with E-state index < -0.39 is 20.7 Å². The second-order valence-electron chi connectivity index (χ2n) is 5.55. The van der Waals surface area contributed by atoms with Crippen molar-refractivity contribution in [3.63, 3.8) is 0 Å². The summed E-state index contributed by atoms with van der Waals surface area (Å²) < 4.78 is 40.2. The van der Waals surface area contributed by atoms with Crippen LogP contribution >= 0.6 is 11.8 Å². The second-order valence-corrected chi connectivity index (χ2v) is 8.74. The van der Waals surface area contributed by atoms with Crippen LogP contribution in [-0.4, -0.2) is 48.6 Å². The van der Waals surface area contributed by atoms with Gasteiger partial charge in [0.15, 0.2) is 0 Å². The van der Waals surface area contributed by atoms with E-state index in [2.05, 4.69) is 0 Å². The molecule has 0 heterocycles. The fourth-order valence-corrected chi connectivity index (χ4v) is 5.14. The van der Waals surface area contributed by atoms with Crippen LogP contribution in [0.4, 0.5) is 0 Å². The molecular formula is C13H22O6S2. The highest BCUT2D eigenvalue weighted by Gasteiger charge is 2.40. The highest BCUT2D eigenvalue weighted by Crippen LogP contribution is 2.45. The molecule has 0 amide bonds. The third kappa shape index (κ3) is 4.58. The zero-order valence-electron chi connectivity index (χ0n) is 12.1. The number of hydrogen-bond acceptors (Lipinski definition) is 6. The SMILES string of the molecule is CCSC(C(=O)OCCOC1CC2CCC1C2)S(=O)(=O)O. The van der Waals surface area contributed by atoms with Crippen LogP contribution in [0.25, 0.3) is 0 Å². The van der Waals surface area contributed by atoms with Gasteiger partial charge in [0.25, 0.3) is 10.1 Å². The molecule has 0 saturated heterocycles. The fraction of sp³-hybridized carbons (Fsp3) is 0.923. The van der Waals surface area contributed by atoms with E-state index in [1.165, 1.54) is 19.3 Å². The Balaban J connectivity index is 1.68. The van der Waals surface area contributed by atoms with Crippen LogP contribution < -0.4 is 0 Å². The quantitative estimate of drug-likeness (QED) is 0.409. The summed E-state index contributed by atoms with van der Waals surface area (Å²) in [5.41, 5.74) is 0. The number of thioether (sulfide) groups is 1. The van der Waals surface area contributed by atoms with E-state index in [4.69, 9.17) is 14.0 Å². The van der Waals surface area contributed by atoms with Crippen LogP contribution in [0.5, 0.6) is 0 Å². The Labute approximate surface area is 129 Å². The molecule has 6 nitrogen and oxygen atoms in total. The maximum Gasteiger partial charge on any atom is 0.337 e. The van der Waals surface area contributed by atoms with Crippen molar-refractivity contribution in [2.45, 2.75) is 43.3 Å². The monoisotopic (exact) mass is 338 g/mol. The molecule has 4 unspecified atom stereocenters. The summed E-state index contributed by atoms with van der Waals surface area (Å²) in [5, 5.41) is 0. The van der Waals surface area contributed by atoms with E-state index in [1.807, 2.05) is 0 Å². The second kappa shape index (κ2) is 7.30. The molecule has 0 radical (unpaired) electrons. The Morgan fingerprint density at radius 3 is 2.62 bits per heavy atom. The summed E-state index contributed by atoms with van der Waals surface area (Å²) in [6.07, 6.45) is 5.09. The van der Waals surface area contributed by atoms with Gasteiger partial charge >= 0.3 is 5.97 Å². The lowest BCUT2D eigenvalue weighted by molar-refractivity contribution is -0.144. The molecule has 0 aromatic rings. The zero-order valence-corrected chi connectivity index (χ0v) is 13.7. The topological polar surface area (TPSA) is 89.9 Å². The smallest absolute Gasteiger partial charge is 0.337 e. The van der Waals surface area contributed by atoms with Gasteiger partial charge in [-0.2, -0.15) is 8.42 Å². The van der Waals surface area contributed by atoms with E-state index in [-0.39, 0.29) is 19.3 Å². The first kappa shape index (κ1) is 17.1. The first-order valence-corrected chi connectivity index (χ1v) is 9.83. The van der Waals surface area contributed by atoms with Crippen molar-refractivity contribution in [1.29, 1.82) is 0 Å². The molecule has 21 heavy (non-hydrogen) atoms. The summed E-state index contributed by atoms with van der Waals surface area (Å²) in [6.45, 7) is 1.99. The lowest BCUT2D eigenvalue weighted by atomic mass is 9.98. The van der Waals surface area contributed by atoms with Gasteiger partial charge in [0.2, 0.25) is 4.58 Å². The molecular weight excluding hydrogens is 316 g/mol. The third-order valence-electron chi connectivity index (χ3n) is 4.11. The third-order valence-corrected chi connectivity index (χ3v) is 6.81.